The van der Waals surface area contributed by atoms with E-state index in [1.807, 2.05) is 68.4 Å². The summed E-state index contributed by atoms with van der Waals surface area (Å²) in [6.07, 6.45) is 2.09. The fourth-order valence-corrected chi connectivity index (χ4v) is 4.14. The van der Waals surface area contributed by atoms with Crippen LogP contribution in [0.25, 0.3) is 0 Å². The zero-order valence-electron chi connectivity index (χ0n) is 20.0. The zero-order chi connectivity index (χ0) is 25.0. The first-order valence-electron chi connectivity index (χ1n) is 11.6. The van der Waals surface area contributed by atoms with Gasteiger partial charge in [-0.25, -0.2) is 4.79 Å². The maximum Gasteiger partial charge on any atom is 0.338 e. The number of hydrogen-bond acceptors (Lipinski definition) is 5. The summed E-state index contributed by atoms with van der Waals surface area (Å²) in [4.78, 5) is 37.9. The van der Waals surface area contributed by atoms with E-state index < -0.39 is 0 Å². The minimum absolute atomic E-state index is 0.0955. The molecule has 0 aliphatic carbocycles. The Hall–Kier alpha value is -3.58. The topological polar surface area (TPSA) is 84.5 Å². The van der Waals surface area contributed by atoms with Crippen LogP contribution in [0.5, 0.6) is 0 Å². The molecule has 0 saturated heterocycles. The van der Waals surface area contributed by atoms with Crippen LogP contribution in [0.15, 0.2) is 83.8 Å². The molecule has 3 aromatic carbocycles. The van der Waals surface area contributed by atoms with Gasteiger partial charge < -0.3 is 15.4 Å². The van der Waals surface area contributed by atoms with Crippen molar-refractivity contribution in [2.75, 3.05) is 17.2 Å². The van der Waals surface area contributed by atoms with Gasteiger partial charge in [0.1, 0.15) is 0 Å². The van der Waals surface area contributed by atoms with Crippen molar-refractivity contribution >= 4 is 40.9 Å². The standard InChI is InChI=1S/C28H30N2O4S/c1-3-4-17-34-28(33)22-13-15-23(16-14-22)30-27(32)20(2)35-25-12-8-11-24(19-25)29-26(31)18-21-9-6-5-7-10-21/h5-16,19-20H,3-4,17-18H2,1-2H3,(H,29,31)(H,30,32). The van der Waals surface area contributed by atoms with Gasteiger partial charge in [0.25, 0.3) is 0 Å². The molecule has 0 heterocycles. The van der Waals surface area contributed by atoms with Gasteiger partial charge in [-0.15, -0.1) is 11.8 Å². The number of benzene rings is 3. The number of thioether (sulfide) groups is 1. The van der Waals surface area contributed by atoms with Crippen molar-refractivity contribution in [1.29, 1.82) is 0 Å². The van der Waals surface area contributed by atoms with Gasteiger partial charge in [0.15, 0.2) is 0 Å². The van der Waals surface area contributed by atoms with Gasteiger partial charge in [0.2, 0.25) is 11.8 Å². The Bertz CT molecular complexity index is 1130. The van der Waals surface area contributed by atoms with Crippen LogP contribution in [-0.2, 0) is 20.7 Å². The van der Waals surface area contributed by atoms with Gasteiger partial charge in [-0.3, -0.25) is 9.59 Å². The van der Waals surface area contributed by atoms with Gasteiger partial charge in [0, 0.05) is 16.3 Å². The van der Waals surface area contributed by atoms with E-state index in [1.165, 1.54) is 11.8 Å². The first kappa shape index (κ1) is 26.0. The fourth-order valence-electron chi connectivity index (χ4n) is 3.22. The number of ether oxygens (including phenoxy) is 1. The Morgan fingerprint density at radius 2 is 1.63 bits per heavy atom. The van der Waals surface area contributed by atoms with E-state index in [9.17, 15) is 14.4 Å². The number of unbranched alkanes of at least 4 members (excludes halogenated alkanes) is 1. The number of carbonyl (C=O) groups is 3. The Labute approximate surface area is 210 Å². The molecule has 0 aliphatic heterocycles. The minimum atomic E-state index is -0.371. The smallest absolute Gasteiger partial charge is 0.338 e. The third-order valence-corrected chi connectivity index (χ3v) is 6.22. The summed E-state index contributed by atoms with van der Waals surface area (Å²) in [7, 11) is 0. The molecule has 1 unspecified atom stereocenters. The lowest BCUT2D eigenvalue weighted by Gasteiger charge is -2.13. The van der Waals surface area contributed by atoms with Crippen LogP contribution >= 0.6 is 11.8 Å². The normalized spacial score (nSPS) is 11.4. The molecule has 7 heteroatoms. The van der Waals surface area contributed by atoms with Gasteiger partial charge in [-0.1, -0.05) is 49.7 Å². The SMILES string of the molecule is CCCCOC(=O)c1ccc(NC(=O)C(C)Sc2cccc(NC(=O)Cc3ccccc3)c2)cc1. The Morgan fingerprint density at radius 1 is 0.886 bits per heavy atom. The number of amides is 2. The maximum absolute atomic E-state index is 12.7. The van der Waals surface area contributed by atoms with Crippen molar-refractivity contribution in [1.82, 2.24) is 0 Å². The lowest BCUT2D eigenvalue weighted by atomic mass is 10.1. The van der Waals surface area contributed by atoms with Crippen LogP contribution < -0.4 is 10.6 Å². The van der Waals surface area contributed by atoms with Crippen LogP contribution in [0, 0.1) is 0 Å². The Balaban J connectivity index is 1.51. The van der Waals surface area contributed by atoms with E-state index in [-0.39, 0.29) is 23.0 Å². The predicted molar refractivity (Wildman–Crippen MR) is 141 cm³/mol. The molecule has 0 radical (unpaired) electrons. The van der Waals surface area contributed by atoms with Gasteiger partial charge >= 0.3 is 5.97 Å². The van der Waals surface area contributed by atoms with Crippen molar-refractivity contribution in [2.45, 2.75) is 43.3 Å². The predicted octanol–water partition coefficient (Wildman–Crippen LogP) is 5.94. The average molecular weight is 491 g/mol. The van der Waals surface area contributed by atoms with Crippen molar-refractivity contribution in [3.05, 3.63) is 90.0 Å². The van der Waals surface area contributed by atoms with E-state index in [4.69, 9.17) is 4.74 Å². The molecule has 2 N–H and O–H groups in total. The zero-order valence-corrected chi connectivity index (χ0v) is 20.8. The highest BCUT2D eigenvalue weighted by Crippen LogP contribution is 2.27. The highest BCUT2D eigenvalue weighted by Gasteiger charge is 2.16. The lowest BCUT2D eigenvalue weighted by Crippen LogP contribution is -2.22. The summed E-state index contributed by atoms with van der Waals surface area (Å²) < 4.78 is 5.20. The van der Waals surface area contributed by atoms with Crippen LogP contribution in [0.4, 0.5) is 11.4 Å². The highest BCUT2D eigenvalue weighted by molar-refractivity contribution is 8.00. The van der Waals surface area contributed by atoms with Gasteiger partial charge in [0.05, 0.1) is 23.8 Å². The van der Waals surface area contributed by atoms with E-state index in [1.54, 1.807) is 24.3 Å². The molecule has 0 saturated carbocycles. The quantitative estimate of drug-likeness (QED) is 0.197. The molecular formula is C28H30N2O4S. The number of nitrogens with one attached hydrogen (secondary N) is 2. The van der Waals surface area contributed by atoms with Gasteiger partial charge in [-0.2, -0.15) is 0 Å². The molecule has 0 aliphatic rings. The molecule has 182 valence electrons. The second-order valence-corrected chi connectivity index (χ2v) is 9.47. The van der Waals surface area contributed by atoms with Crippen LogP contribution in [-0.4, -0.2) is 29.6 Å². The molecule has 6 nitrogen and oxygen atoms in total. The van der Waals surface area contributed by atoms with E-state index >= 15 is 0 Å². The molecular weight excluding hydrogens is 460 g/mol. The largest absolute Gasteiger partial charge is 0.462 e. The highest BCUT2D eigenvalue weighted by atomic mass is 32.2. The summed E-state index contributed by atoms with van der Waals surface area (Å²) in [5.74, 6) is -0.621. The summed E-state index contributed by atoms with van der Waals surface area (Å²) >= 11 is 1.40. The minimum Gasteiger partial charge on any atom is -0.462 e. The third kappa shape index (κ3) is 8.61. The number of rotatable bonds is 11. The fraction of sp³-hybridized carbons (Fsp3) is 0.250. The number of carbonyl (C=O) groups excluding carboxylic acids is 3. The second kappa shape index (κ2) is 13.3. The Kier molecular flexibility index (Phi) is 9.93. The summed E-state index contributed by atoms with van der Waals surface area (Å²) in [6.45, 7) is 4.26. The van der Waals surface area contributed by atoms with Crippen molar-refractivity contribution in [3.8, 4) is 0 Å². The Morgan fingerprint density at radius 3 is 2.34 bits per heavy atom. The first-order valence-corrected chi connectivity index (χ1v) is 12.5. The first-order chi connectivity index (χ1) is 16.9. The maximum atomic E-state index is 12.7. The molecule has 0 spiro atoms. The van der Waals surface area contributed by atoms with E-state index in [2.05, 4.69) is 10.6 Å². The molecule has 3 aromatic rings. The van der Waals surface area contributed by atoms with Crippen molar-refractivity contribution in [3.63, 3.8) is 0 Å². The molecule has 0 aromatic heterocycles. The van der Waals surface area contributed by atoms with E-state index in [0.717, 1.165) is 23.3 Å². The molecule has 35 heavy (non-hydrogen) atoms. The van der Waals surface area contributed by atoms with E-state index in [0.29, 0.717) is 30.0 Å². The van der Waals surface area contributed by atoms with Gasteiger partial charge in [-0.05, 0) is 61.4 Å². The molecule has 0 bridgehead atoms. The molecule has 1 atom stereocenters. The summed E-state index contributed by atoms with van der Waals surface area (Å²) in [5.41, 5.74) is 2.69. The van der Waals surface area contributed by atoms with Crippen molar-refractivity contribution in [2.24, 2.45) is 0 Å². The average Bonchev–Trinajstić information content (AvgIpc) is 2.85. The molecule has 2 amide bonds. The van der Waals surface area contributed by atoms with Crippen LogP contribution in [0.1, 0.15) is 42.6 Å². The number of anilines is 2. The summed E-state index contributed by atoms with van der Waals surface area (Å²) in [6, 6.07) is 23.7. The second-order valence-electron chi connectivity index (χ2n) is 8.05. The lowest BCUT2D eigenvalue weighted by molar-refractivity contribution is -0.116. The summed E-state index contributed by atoms with van der Waals surface area (Å²) in [5, 5.41) is 5.41. The number of hydrogen-bond donors (Lipinski definition) is 2. The number of esters is 1. The third-order valence-electron chi connectivity index (χ3n) is 5.13. The van der Waals surface area contributed by atoms with Crippen molar-refractivity contribution < 1.29 is 19.1 Å². The molecule has 0 fully saturated rings. The van der Waals surface area contributed by atoms with Crippen LogP contribution in [0.3, 0.4) is 0 Å². The van der Waals surface area contributed by atoms with Crippen LogP contribution in [0.2, 0.25) is 0 Å². The molecule has 3 rings (SSSR count). The monoisotopic (exact) mass is 490 g/mol.